The Morgan fingerprint density at radius 3 is 2.40 bits per heavy atom. The summed E-state index contributed by atoms with van der Waals surface area (Å²) in [5.74, 6) is -1.41. The Hall–Kier alpha value is -3.06. The lowest BCUT2D eigenvalue weighted by atomic mass is 10.2. The van der Waals surface area contributed by atoms with Crippen molar-refractivity contribution in [1.82, 2.24) is 9.97 Å². The molecule has 126 valence electrons. The molecule has 0 aliphatic rings. The van der Waals surface area contributed by atoms with E-state index in [1.165, 1.54) is 48.8 Å². The molecule has 3 aromatic rings. The topological polar surface area (TPSA) is 66.9 Å². The van der Waals surface area contributed by atoms with Gasteiger partial charge in [-0.2, -0.15) is 0 Å². The predicted octanol–water partition coefficient (Wildman–Crippen LogP) is 4.40. The number of nitrogens with one attached hydrogen (secondary N) is 2. The van der Waals surface area contributed by atoms with Crippen LogP contribution in [-0.4, -0.2) is 15.9 Å². The Morgan fingerprint density at radius 1 is 1.00 bits per heavy atom. The van der Waals surface area contributed by atoms with Gasteiger partial charge in [0.15, 0.2) is 0 Å². The zero-order valence-corrected chi connectivity index (χ0v) is 13.4. The van der Waals surface area contributed by atoms with E-state index in [4.69, 9.17) is 11.6 Å². The van der Waals surface area contributed by atoms with Gasteiger partial charge in [-0.3, -0.25) is 4.79 Å². The first-order chi connectivity index (χ1) is 12.0. The molecule has 5 nitrogen and oxygen atoms in total. The molecule has 0 aliphatic heterocycles. The number of anilines is 3. The summed E-state index contributed by atoms with van der Waals surface area (Å²) in [6.07, 6.45) is 2.58. The molecule has 2 aromatic carbocycles. The van der Waals surface area contributed by atoms with Crippen LogP contribution in [-0.2, 0) is 0 Å². The minimum atomic E-state index is -0.540. The fraction of sp³-hybridized carbons (Fsp3) is 0. The molecule has 1 amide bonds. The standard InChI is InChI=1S/C17H11ClF2N4O/c18-12-7-11(5-6-13(12)19)23-17-21-8-10(9-22-17)16(25)24-15-4-2-1-3-14(15)20/h1-9H,(H,24,25)(H,21,22,23). The van der Waals surface area contributed by atoms with E-state index < -0.39 is 17.5 Å². The smallest absolute Gasteiger partial charge is 0.258 e. The van der Waals surface area contributed by atoms with Crippen LogP contribution in [0.4, 0.5) is 26.1 Å². The number of carbonyl (C=O) groups is 1. The van der Waals surface area contributed by atoms with Crippen molar-refractivity contribution >= 4 is 34.8 Å². The van der Waals surface area contributed by atoms with Gasteiger partial charge < -0.3 is 10.6 Å². The molecule has 8 heteroatoms. The van der Waals surface area contributed by atoms with Crippen molar-refractivity contribution in [2.24, 2.45) is 0 Å². The minimum absolute atomic E-state index is 0.0362. The largest absolute Gasteiger partial charge is 0.324 e. The van der Waals surface area contributed by atoms with Gasteiger partial charge in [0.25, 0.3) is 5.91 Å². The number of benzene rings is 2. The molecule has 0 saturated carbocycles. The summed E-state index contributed by atoms with van der Waals surface area (Å²) >= 11 is 5.70. The summed E-state index contributed by atoms with van der Waals surface area (Å²) in [6, 6.07) is 9.89. The second-order valence-electron chi connectivity index (χ2n) is 4.98. The average Bonchev–Trinajstić information content (AvgIpc) is 2.61. The highest BCUT2D eigenvalue weighted by atomic mass is 35.5. The first kappa shape index (κ1) is 16.8. The maximum atomic E-state index is 13.5. The van der Waals surface area contributed by atoms with Gasteiger partial charge in [0.2, 0.25) is 5.95 Å². The van der Waals surface area contributed by atoms with Crippen LogP contribution in [0.3, 0.4) is 0 Å². The summed E-state index contributed by atoms with van der Waals surface area (Å²) in [4.78, 5) is 20.1. The fourth-order valence-corrected chi connectivity index (χ4v) is 2.15. The van der Waals surface area contributed by atoms with Gasteiger partial charge in [-0.1, -0.05) is 23.7 Å². The lowest BCUT2D eigenvalue weighted by Gasteiger charge is -2.07. The van der Waals surface area contributed by atoms with Crippen LogP contribution < -0.4 is 10.6 Å². The van der Waals surface area contributed by atoms with Crippen molar-refractivity contribution in [3.05, 3.63) is 77.1 Å². The Balaban J connectivity index is 1.70. The molecule has 0 saturated heterocycles. The number of rotatable bonds is 4. The molecule has 3 rings (SSSR count). The number of amides is 1. The van der Waals surface area contributed by atoms with Crippen LogP contribution in [0.25, 0.3) is 0 Å². The third-order valence-corrected chi connectivity index (χ3v) is 3.50. The molecule has 0 unspecified atom stereocenters. The van der Waals surface area contributed by atoms with Crippen LogP contribution >= 0.6 is 11.6 Å². The fourth-order valence-electron chi connectivity index (χ4n) is 1.97. The molecule has 0 radical (unpaired) electrons. The SMILES string of the molecule is O=C(Nc1ccccc1F)c1cnc(Nc2ccc(F)c(Cl)c2)nc1. The lowest BCUT2D eigenvalue weighted by molar-refractivity contribution is 0.102. The van der Waals surface area contributed by atoms with Crippen molar-refractivity contribution in [3.63, 3.8) is 0 Å². The van der Waals surface area contributed by atoms with E-state index in [0.29, 0.717) is 5.69 Å². The molecule has 0 aliphatic carbocycles. The number of para-hydroxylation sites is 1. The van der Waals surface area contributed by atoms with Gasteiger partial charge in [-0.25, -0.2) is 18.7 Å². The maximum absolute atomic E-state index is 13.5. The third-order valence-electron chi connectivity index (χ3n) is 3.21. The van der Waals surface area contributed by atoms with Gasteiger partial charge in [0.1, 0.15) is 11.6 Å². The highest BCUT2D eigenvalue weighted by Crippen LogP contribution is 2.21. The van der Waals surface area contributed by atoms with E-state index in [-0.39, 0.29) is 22.2 Å². The van der Waals surface area contributed by atoms with E-state index in [0.717, 1.165) is 0 Å². The number of halogens is 3. The Bertz CT molecular complexity index is 919. The van der Waals surface area contributed by atoms with Crippen LogP contribution in [0.2, 0.25) is 5.02 Å². The first-order valence-electron chi connectivity index (χ1n) is 7.13. The predicted molar refractivity (Wildman–Crippen MR) is 91.1 cm³/mol. The first-order valence-corrected chi connectivity index (χ1v) is 7.51. The van der Waals surface area contributed by atoms with Crippen molar-refractivity contribution < 1.29 is 13.6 Å². The Morgan fingerprint density at radius 2 is 1.72 bits per heavy atom. The summed E-state index contributed by atoms with van der Waals surface area (Å²) < 4.78 is 26.7. The quantitative estimate of drug-likeness (QED) is 0.723. The minimum Gasteiger partial charge on any atom is -0.324 e. The molecule has 0 spiro atoms. The number of aromatic nitrogens is 2. The van der Waals surface area contributed by atoms with E-state index in [1.54, 1.807) is 6.07 Å². The highest BCUT2D eigenvalue weighted by molar-refractivity contribution is 6.31. The van der Waals surface area contributed by atoms with E-state index in [1.807, 2.05) is 0 Å². The van der Waals surface area contributed by atoms with Crippen LogP contribution in [0, 0.1) is 11.6 Å². The van der Waals surface area contributed by atoms with Crippen LogP contribution in [0.1, 0.15) is 10.4 Å². The molecule has 1 aromatic heterocycles. The zero-order valence-electron chi connectivity index (χ0n) is 12.6. The van der Waals surface area contributed by atoms with Crippen molar-refractivity contribution in [2.75, 3.05) is 10.6 Å². The summed E-state index contributed by atoms with van der Waals surface area (Å²) in [6.45, 7) is 0. The van der Waals surface area contributed by atoms with Crippen LogP contribution in [0.5, 0.6) is 0 Å². The normalized spacial score (nSPS) is 10.4. The molecule has 2 N–H and O–H groups in total. The maximum Gasteiger partial charge on any atom is 0.258 e. The number of carbonyl (C=O) groups excluding carboxylic acids is 1. The van der Waals surface area contributed by atoms with Crippen molar-refractivity contribution in [3.8, 4) is 0 Å². The zero-order chi connectivity index (χ0) is 17.8. The molecule has 25 heavy (non-hydrogen) atoms. The van der Waals surface area contributed by atoms with Gasteiger partial charge in [-0.15, -0.1) is 0 Å². The number of nitrogens with zero attached hydrogens (tertiary/aromatic N) is 2. The molecular formula is C17H11ClF2N4O. The van der Waals surface area contributed by atoms with Crippen LogP contribution in [0.15, 0.2) is 54.9 Å². The number of hydrogen-bond donors (Lipinski definition) is 2. The van der Waals surface area contributed by atoms with E-state index >= 15 is 0 Å². The number of hydrogen-bond acceptors (Lipinski definition) is 4. The van der Waals surface area contributed by atoms with Gasteiger partial charge in [0.05, 0.1) is 16.3 Å². The molecular weight excluding hydrogens is 350 g/mol. The van der Waals surface area contributed by atoms with E-state index in [2.05, 4.69) is 20.6 Å². The van der Waals surface area contributed by atoms with E-state index in [9.17, 15) is 13.6 Å². The average molecular weight is 361 g/mol. The van der Waals surface area contributed by atoms with Gasteiger partial charge in [-0.05, 0) is 30.3 Å². The monoisotopic (exact) mass is 360 g/mol. The molecule has 1 heterocycles. The van der Waals surface area contributed by atoms with Gasteiger partial charge >= 0.3 is 0 Å². The third kappa shape index (κ3) is 4.07. The summed E-state index contributed by atoms with van der Waals surface area (Å²) in [5, 5.41) is 5.23. The van der Waals surface area contributed by atoms with Crippen molar-refractivity contribution in [2.45, 2.75) is 0 Å². The molecule has 0 fully saturated rings. The van der Waals surface area contributed by atoms with Crippen molar-refractivity contribution in [1.29, 1.82) is 0 Å². The Kier molecular flexibility index (Phi) is 4.85. The second-order valence-corrected chi connectivity index (χ2v) is 5.39. The van der Waals surface area contributed by atoms with Gasteiger partial charge in [0, 0.05) is 18.1 Å². The highest BCUT2D eigenvalue weighted by Gasteiger charge is 2.10. The Labute approximate surface area is 146 Å². The lowest BCUT2D eigenvalue weighted by Crippen LogP contribution is -2.14. The summed E-state index contributed by atoms with van der Waals surface area (Å²) in [7, 11) is 0. The molecule has 0 atom stereocenters. The second kappa shape index (κ2) is 7.23. The molecule has 0 bridgehead atoms. The summed E-state index contributed by atoms with van der Waals surface area (Å²) in [5.41, 5.74) is 0.719.